The van der Waals surface area contributed by atoms with Crippen LogP contribution in [0.2, 0.25) is 0 Å². The summed E-state index contributed by atoms with van der Waals surface area (Å²) in [4.78, 5) is 11.3. The molecule has 0 saturated heterocycles. The minimum Gasteiger partial charge on any atom is -0.325 e. The molecule has 15 heavy (non-hydrogen) atoms. The van der Waals surface area contributed by atoms with Gasteiger partial charge in [0.25, 0.3) is 0 Å². The molecule has 1 heterocycles. The molecule has 0 spiro atoms. The number of anilines is 1. The lowest BCUT2D eigenvalue weighted by atomic mass is 9.95. The Morgan fingerprint density at radius 1 is 1.33 bits per heavy atom. The van der Waals surface area contributed by atoms with Crippen LogP contribution in [0.3, 0.4) is 0 Å². The molecule has 1 N–H and O–H groups in total. The zero-order chi connectivity index (χ0) is 11.0. The number of carbonyl (C=O) groups is 1. The lowest BCUT2D eigenvalue weighted by molar-refractivity contribution is -0.116. The monoisotopic (exact) mass is 267 g/mol. The smallest absolute Gasteiger partial charge is 0.224 e. The van der Waals surface area contributed by atoms with E-state index in [1.807, 2.05) is 0 Å². The van der Waals surface area contributed by atoms with Crippen LogP contribution in [0.4, 0.5) is 5.69 Å². The van der Waals surface area contributed by atoms with Crippen molar-refractivity contribution in [1.82, 2.24) is 0 Å². The summed E-state index contributed by atoms with van der Waals surface area (Å²) in [7, 11) is 0. The average molecular weight is 268 g/mol. The molecule has 2 nitrogen and oxygen atoms in total. The Morgan fingerprint density at radius 2 is 2.07 bits per heavy atom. The van der Waals surface area contributed by atoms with Crippen LogP contribution in [0.15, 0.2) is 16.6 Å². The molecule has 3 heteroatoms. The lowest BCUT2D eigenvalue weighted by Crippen LogP contribution is -2.19. The van der Waals surface area contributed by atoms with Crippen LogP contribution >= 0.6 is 15.9 Å². The standard InChI is InChI=1S/C12H14BrNO/c1-7(2)9-5-8-3-4-11(15)14-12(8)10(13)6-9/h5-7H,3-4H2,1-2H3,(H,14,15). The Kier molecular flexibility index (Phi) is 2.83. The van der Waals surface area contributed by atoms with E-state index in [0.717, 1.165) is 16.6 Å². The van der Waals surface area contributed by atoms with Crippen LogP contribution in [0, 0.1) is 0 Å². The lowest BCUT2D eigenvalue weighted by Gasteiger charge is -2.20. The van der Waals surface area contributed by atoms with Crippen molar-refractivity contribution in [2.24, 2.45) is 0 Å². The zero-order valence-corrected chi connectivity index (χ0v) is 10.5. The summed E-state index contributed by atoms with van der Waals surface area (Å²) in [5, 5.41) is 2.91. The molecule has 0 atom stereocenters. The van der Waals surface area contributed by atoms with Gasteiger partial charge in [-0.1, -0.05) is 19.9 Å². The molecule has 1 aliphatic rings. The number of aryl methyl sites for hydroxylation is 1. The highest BCUT2D eigenvalue weighted by Crippen LogP contribution is 2.34. The molecule has 0 saturated carbocycles. The first kappa shape index (κ1) is 10.7. The van der Waals surface area contributed by atoms with E-state index in [9.17, 15) is 4.79 Å². The van der Waals surface area contributed by atoms with Crippen molar-refractivity contribution in [3.05, 3.63) is 27.7 Å². The number of rotatable bonds is 1. The summed E-state index contributed by atoms with van der Waals surface area (Å²) < 4.78 is 0.997. The van der Waals surface area contributed by atoms with Crippen molar-refractivity contribution >= 4 is 27.5 Å². The number of fused-ring (bicyclic) bond motifs is 1. The Labute approximate surface area is 98.2 Å². The fraction of sp³-hybridized carbons (Fsp3) is 0.417. The van der Waals surface area contributed by atoms with Crippen molar-refractivity contribution in [1.29, 1.82) is 0 Å². The van der Waals surface area contributed by atoms with Crippen LogP contribution in [-0.2, 0) is 11.2 Å². The van der Waals surface area contributed by atoms with Gasteiger partial charge in [0.05, 0.1) is 5.69 Å². The second kappa shape index (κ2) is 3.97. The Morgan fingerprint density at radius 3 is 2.73 bits per heavy atom. The number of nitrogens with one attached hydrogen (secondary N) is 1. The van der Waals surface area contributed by atoms with Crippen molar-refractivity contribution in [3.8, 4) is 0 Å². The molecule has 1 aromatic carbocycles. The first-order valence-electron chi connectivity index (χ1n) is 5.20. The molecule has 0 aromatic heterocycles. The van der Waals surface area contributed by atoms with Crippen molar-refractivity contribution in [3.63, 3.8) is 0 Å². The van der Waals surface area contributed by atoms with Gasteiger partial charge < -0.3 is 5.32 Å². The van der Waals surface area contributed by atoms with Gasteiger partial charge in [-0.2, -0.15) is 0 Å². The predicted octanol–water partition coefficient (Wildman–Crippen LogP) is 3.46. The van der Waals surface area contributed by atoms with Crippen LogP contribution in [0.25, 0.3) is 0 Å². The average Bonchev–Trinajstić information content (AvgIpc) is 2.18. The minimum absolute atomic E-state index is 0.112. The molecule has 0 unspecified atom stereocenters. The number of halogens is 1. The highest BCUT2D eigenvalue weighted by molar-refractivity contribution is 9.10. The van der Waals surface area contributed by atoms with Crippen LogP contribution in [0.5, 0.6) is 0 Å². The second-order valence-electron chi connectivity index (χ2n) is 4.24. The fourth-order valence-corrected chi connectivity index (χ4v) is 2.43. The van der Waals surface area contributed by atoms with E-state index in [-0.39, 0.29) is 5.91 Å². The fourth-order valence-electron chi connectivity index (χ4n) is 1.81. The molecule has 0 fully saturated rings. The van der Waals surface area contributed by atoms with E-state index in [0.29, 0.717) is 12.3 Å². The molecule has 0 bridgehead atoms. The van der Waals surface area contributed by atoms with Crippen molar-refractivity contribution in [2.75, 3.05) is 5.32 Å². The van der Waals surface area contributed by atoms with Gasteiger partial charge >= 0.3 is 0 Å². The minimum atomic E-state index is 0.112. The third-order valence-electron chi connectivity index (χ3n) is 2.75. The maximum Gasteiger partial charge on any atom is 0.224 e. The molecule has 2 rings (SSSR count). The summed E-state index contributed by atoms with van der Waals surface area (Å²) >= 11 is 3.51. The molecule has 0 radical (unpaired) electrons. The molecule has 1 amide bonds. The number of hydrogen-bond donors (Lipinski definition) is 1. The van der Waals surface area contributed by atoms with Crippen LogP contribution < -0.4 is 5.32 Å². The molecular weight excluding hydrogens is 254 g/mol. The van der Waals surface area contributed by atoms with Gasteiger partial charge in [-0.3, -0.25) is 4.79 Å². The third kappa shape index (κ3) is 2.07. The van der Waals surface area contributed by atoms with E-state index in [1.165, 1.54) is 11.1 Å². The summed E-state index contributed by atoms with van der Waals surface area (Å²) in [6.45, 7) is 4.35. The normalized spacial score (nSPS) is 15.1. The Hall–Kier alpha value is -0.830. The van der Waals surface area contributed by atoms with Gasteiger partial charge in [-0.15, -0.1) is 0 Å². The summed E-state index contributed by atoms with van der Waals surface area (Å²) in [6.07, 6.45) is 1.45. The molecular formula is C12H14BrNO. The molecule has 1 aliphatic heterocycles. The number of amides is 1. The summed E-state index contributed by atoms with van der Waals surface area (Å²) in [5.74, 6) is 0.629. The van der Waals surface area contributed by atoms with E-state index in [2.05, 4.69) is 47.2 Å². The molecule has 0 aliphatic carbocycles. The van der Waals surface area contributed by atoms with Crippen molar-refractivity contribution < 1.29 is 4.79 Å². The second-order valence-corrected chi connectivity index (χ2v) is 5.09. The highest BCUT2D eigenvalue weighted by atomic mass is 79.9. The first-order chi connectivity index (χ1) is 7.08. The third-order valence-corrected chi connectivity index (χ3v) is 3.37. The topological polar surface area (TPSA) is 29.1 Å². The van der Waals surface area contributed by atoms with Crippen LogP contribution in [0.1, 0.15) is 37.3 Å². The quantitative estimate of drug-likeness (QED) is 0.830. The first-order valence-corrected chi connectivity index (χ1v) is 5.99. The largest absolute Gasteiger partial charge is 0.325 e. The van der Waals surface area contributed by atoms with Gasteiger partial charge in [-0.05, 0) is 45.5 Å². The van der Waals surface area contributed by atoms with E-state index < -0.39 is 0 Å². The summed E-state index contributed by atoms with van der Waals surface area (Å²) in [5.41, 5.74) is 3.51. The van der Waals surface area contributed by atoms with Gasteiger partial charge in [0.15, 0.2) is 0 Å². The van der Waals surface area contributed by atoms with Gasteiger partial charge in [-0.25, -0.2) is 0 Å². The molecule has 80 valence electrons. The highest BCUT2D eigenvalue weighted by Gasteiger charge is 2.18. The van der Waals surface area contributed by atoms with Gasteiger partial charge in [0.1, 0.15) is 0 Å². The maximum absolute atomic E-state index is 11.3. The zero-order valence-electron chi connectivity index (χ0n) is 8.93. The van der Waals surface area contributed by atoms with E-state index in [4.69, 9.17) is 0 Å². The van der Waals surface area contributed by atoms with Gasteiger partial charge in [0, 0.05) is 10.9 Å². The SMILES string of the molecule is CC(C)c1cc(Br)c2c(c1)CCC(=O)N2. The number of hydrogen-bond acceptors (Lipinski definition) is 1. The van der Waals surface area contributed by atoms with Gasteiger partial charge in [0.2, 0.25) is 5.91 Å². The van der Waals surface area contributed by atoms with E-state index >= 15 is 0 Å². The molecule has 1 aromatic rings. The maximum atomic E-state index is 11.3. The Bertz CT molecular complexity index is 412. The van der Waals surface area contributed by atoms with Crippen molar-refractivity contribution in [2.45, 2.75) is 32.6 Å². The Balaban J connectivity index is 2.47. The predicted molar refractivity (Wildman–Crippen MR) is 65.2 cm³/mol. The number of benzene rings is 1. The number of carbonyl (C=O) groups excluding carboxylic acids is 1. The summed E-state index contributed by atoms with van der Waals surface area (Å²) in [6, 6.07) is 4.29. The van der Waals surface area contributed by atoms with Crippen LogP contribution in [-0.4, -0.2) is 5.91 Å². The van der Waals surface area contributed by atoms with E-state index in [1.54, 1.807) is 0 Å².